The Kier molecular flexibility index (Phi) is 5.28. The summed E-state index contributed by atoms with van der Waals surface area (Å²) in [5.74, 6) is 0.142. The zero-order valence-corrected chi connectivity index (χ0v) is 15.1. The van der Waals surface area contributed by atoms with Gasteiger partial charge in [-0.15, -0.1) is 10.2 Å². The highest BCUT2D eigenvalue weighted by Crippen LogP contribution is 2.25. The minimum atomic E-state index is -0.0822. The van der Waals surface area contributed by atoms with Gasteiger partial charge in [-0.3, -0.25) is 9.20 Å². The molecule has 0 spiro atoms. The van der Waals surface area contributed by atoms with E-state index in [1.807, 2.05) is 37.3 Å². The fraction of sp³-hybridized carbons (Fsp3) is 0.188. The Morgan fingerprint density at radius 1 is 1.29 bits per heavy atom. The number of hydrogen-bond acceptors (Lipinski definition) is 4. The number of nitrogens with zero attached hydrogens (tertiary/aromatic N) is 3. The van der Waals surface area contributed by atoms with Crippen LogP contribution < -0.4 is 5.32 Å². The number of halogens is 2. The van der Waals surface area contributed by atoms with Crippen LogP contribution in [-0.4, -0.2) is 26.3 Å². The van der Waals surface area contributed by atoms with Crippen LogP contribution in [-0.2, 0) is 4.79 Å². The van der Waals surface area contributed by atoms with Crippen LogP contribution in [0.15, 0.2) is 47.8 Å². The summed E-state index contributed by atoms with van der Waals surface area (Å²) in [6.07, 6.45) is 1.68. The zero-order valence-electron chi connectivity index (χ0n) is 12.7. The molecule has 2 aromatic heterocycles. The Morgan fingerprint density at radius 2 is 2.04 bits per heavy atom. The van der Waals surface area contributed by atoms with Crippen molar-refractivity contribution in [1.82, 2.24) is 19.9 Å². The van der Waals surface area contributed by atoms with Crippen molar-refractivity contribution in [2.45, 2.75) is 18.1 Å². The molecular weight excluding hydrogens is 367 g/mol. The van der Waals surface area contributed by atoms with E-state index in [-0.39, 0.29) is 17.7 Å². The molecule has 0 saturated carbocycles. The van der Waals surface area contributed by atoms with E-state index in [1.54, 1.807) is 16.7 Å². The van der Waals surface area contributed by atoms with Crippen molar-refractivity contribution in [3.63, 3.8) is 0 Å². The second kappa shape index (κ2) is 7.42. The van der Waals surface area contributed by atoms with Crippen molar-refractivity contribution in [2.75, 3.05) is 5.75 Å². The molecule has 0 aliphatic heterocycles. The number of fused-ring (bicyclic) bond motifs is 1. The van der Waals surface area contributed by atoms with Crippen molar-refractivity contribution in [2.24, 2.45) is 0 Å². The van der Waals surface area contributed by atoms with Gasteiger partial charge in [0.25, 0.3) is 0 Å². The van der Waals surface area contributed by atoms with Crippen molar-refractivity contribution in [3.8, 4) is 0 Å². The molecule has 0 radical (unpaired) electrons. The number of hydrogen-bond donors (Lipinski definition) is 1. The van der Waals surface area contributed by atoms with Gasteiger partial charge in [0.1, 0.15) is 0 Å². The Hall–Kier alpha value is -1.76. The molecule has 1 unspecified atom stereocenters. The van der Waals surface area contributed by atoms with E-state index in [4.69, 9.17) is 23.2 Å². The summed E-state index contributed by atoms with van der Waals surface area (Å²) in [6, 6.07) is 11.3. The fourth-order valence-electron chi connectivity index (χ4n) is 2.24. The number of pyridine rings is 1. The molecule has 0 saturated heterocycles. The molecule has 0 bridgehead atoms. The molecule has 124 valence electrons. The third kappa shape index (κ3) is 3.83. The van der Waals surface area contributed by atoms with Crippen LogP contribution in [0.4, 0.5) is 0 Å². The van der Waals surface area contributed by atoms with E-state index < -0.39 is 0 Å². The molecule has 1 amide bonds. The van der Waals surface area contributed by atoms with Crippen LogP contribution in [0.3, 0.4) is 0 Å². The van der Waals surface area contributed by atoms with Gasteiger partial charge in [0.05, 0.1) is 21.8 Å². The largest absolute Gasteiger partial charge is 0.349 e. The minimum Gasteiger partial charge on any atom is -0.349 e. The summed E-state index contributed by atoms with van der Waals surface area (Å²) in [7, 11) is 0. The fourth-order valence-corrected chi connectivity index (χ4v) is 3.47. The number of benzene rings is 1. The lowest BCUT2D eigenvalue weighted by molar-refractivity contribution is -0.119. The second-order valence-corrected chi connectivity index (χ2v) is 6.96. The van der Waals surface area contributed by atoms with Crippen LogP contribution in [0.25, 0.3) is 5.65 Å². The van der Waals surface area contributed by atoms with Gasteiger partial charge in [-0.2, -0.15) is 0 Å². The van der Waals surface area contributed by atoms with Gasteiger partial charge in [-0.1, -0.05) is 65.3 Å². The van der Waals surface area contributed by atoms with E-state index in [9.17, 15) is 4.79 Å². The lowest BCUT2D eigenvalue weighted by Crippen LogP contribution is -2.28. The summed E-state index contributed by atoms with van der Waals surface area (Å²) in [4.78, 5) is 12.2. The Labute approximate surface area is 153 Å². The molecule has 1 atom stereocenters. The van der Waals surface area contributed by atoms with Gasteiger partial charge < -0.3 is 5.32 Å². The number of nitrogens with one attached hydrogen (secondary N) is 1. The molecule has 1 N–H and O–H groups in total. The molecule has 0 aliphatic rings. The highest BCUT2D eigenvalue weighted by atomic mass is 35.5. The third-order valence-corrected chi connectivity index (χ3v) is 4.83. The Morgan fingerprint density at radius 3 is 2.79 bits per heavy atom. The average Bonchev–Trinajstić information content (AvgIpc) is 2.97. The second-order valence-electron chi connectivity index (χ2n) is 5.17. The first kappa shape index (κ1) is 17.1. The average molecular weight is 381 g/mol. The van der Waals surface area contributed by atoms with Gasteiger partial charge in [0.15, 0.2) is 10.8 Å². The van der Waals surface area contributed by atoms with Gasteiger partial charge in [-0.05, 0) is 18.6 Å². The maximum Gasteiger partial charge on any atom is 0.230 e. The van der Waals surface area contributed by atoms with E-state index in [0.717, 1.165) is 5.56 Å². The van der Waals surface area contributed by atoms with Crippen molar-refractivity contribution >= 4 is 46.5 Å². The Balaban J connectivity index is 1.65. The number of aromatic nitrogens is 3. The van der Waals surface area contributed by atoms with Crippen molar-refractivity contribution in [1.29, 1.82) is 0 Å². The van der Waals surface area contributed by atoms with E-state index >= 15 is 0 Å². The van der Waals surface area contributed by atoms with E-state index in [1.165, 1.54) is 11.8 Å². The molecule has 5 nitrogen and oxygen atoms in total. The monoisotopic (exact) mass is 380 g/mol. The van der Waals surface area contributed by atoms with Crippen LogP contribution >= 0.6 is 35.0 Å². The number of rotatable bonds is 5. The van der Waals surface area contributed by atoms with Gasteiger partial charge in [0.2, 0.25) is 5.91 Å². The maximum absolute atomic E-state index is 12.2. The lowest BCUT2D eigenvalue weighted by Gasteiger charge is -2.13. The summed E-state index contributed by atoms with van der Waals surface area (Å²) in [5.41, 5.74) is 1.57. The van der Waals surface area contributed by atoms with Crippen LogP contribution in [0.2, 0.25) is 10.0 Å². The number of thioether (sulfide) groups is 1. The number of carbonyl (C=O) groups is 1. The molecule has 8 heteroatoms. The topological polar surface area (TPSA) is 59.3 Å². The molecule has 1 aromatic carbocycles. The first-order valence-corrected chi connectivity index (χ1v) is 8.95. The van der Waals surface area contributed by atoms with Gasteiger partial charge >= 0.3 is 0 Å². The molecule has 3 aromatic rings. The van der Waals surface area contributed by atoms with Crippen LogP contribution in [0.5, 0.6) is 0 Å². The molecule has 0 aliphatic carbocycles. The first-order valence-electron chi connectivity index (χ1n) is 7.21. The van der Waals surface area contributed by atoms with E-state index in [0.29, 0.717) is 20.8 Å². The summed E-state index contributed by atoms with van der Waals surface area (Å²) < 4.78 is 1.68. The molecule has 3 rings (SSSR count). The molecule has 0 fully saturated rings. The number of amides is 1. The zero-order chi connectivity index (χ0) is 17.1. The molecular formula is C16H14Cl2N4OS. The van der Waals surface area contributed by atoms with Crippen LogP contribution in [0, 0.1) is 0 Å². The lowest BCUT2D eigenvalue weighted by atomic mass is 10.1. The van der Waals surface area contributed by atoms with Gasteiger partial charge in [-0.25, -0.2) is 0 Å². The SMILES string of the molecule is CC(NC(=O)CSc1nnc2c(Cl)cc(Cl)cn12)c1ccccc1. The van der Waals surface area contributed by atoms with Crippen molar-refractivity contribution < 1.29 is 4.79 Å². The first-order chi connectivity index (χ1) is 11.5. The predicted molar refractivity (Wildman–Crippen MR) is 96.7 cm³/mol. The quantitative estimate of drug-likeness (QED) is 0.679. The normalized spacial score (nSPS) is 12.3. The summed E-state index contributed by atoms with van der Waals surface area (Å²) in [6.45, 7) is 1.95. The maximum atomic E-state index is 12.2. The highest BCUT2D eigenvalue weighted by Gasteiger charge is 2.14. The van der Waals surface area contributed by atoms with Crippen LogP contribution in [0.1, 0.15) is 18.5 Å². The Bertz CT molecular complexity index is 869. The third-order valence-electron chi connectivity index (χ3n) is 3.40. The van der Waals surface area contributed by atoms with E-state index in [2.05, 4.69) is 15.5 Å². The standard InChI is InChI=1S/C16H14Cl2N4OS/c1-10(11-5-3-2-4-6-11)19-14(23)9-24-16-21-20-15-13(18)7-12(17)8-22(15)16/h2-8,10H,9H2,1H3,(H,19,23). The summed E-state index contributed by atoms with van der Waals surface area (Å²) >= 11 is 13.4. The van der Waals surface area contributed by atoms with Gasteiger partial charge in [0, 0.05) is 6.20 Å². The smallest absolute Gasteiger partial charge is 0.230 e. The molecule has 24 heavy (non-hydrogen) atoms. The van der Waals surface area contributed by atoms with Crippen molar-refractivity contribution in [3.05, 3.63) is 58.2 Å². The highest BCUT2D eigenvalue weighted by molar-refractivity contribution is 7.99. The predicted octanol–water partition coefficient (Wildman–Crippen LogP) is 4.01. The molecule has 2 heterocycles. The number of carbonyl (C=O) groups excluding carboxylic acids is 1. The minimum absolute atomic E-state index is 0.0571. The summed E-state index contributed by atoms with van der Waals surface area (Å²) in [5, 5.41) is 12.5.